The molecule has 1 saturated heterocycles. The Morgan fingerprint density at radius 2 is 1.75 bits per heavy atom. The third kappa shape index (κ3) is 8.20. The van der Waals surface area contributed by atoms with Gasteiger partial charge in [-0.05, 0) is 79.9 Å². The largest absolute Gasteiger partial charge is 0.444 e. The van der Waals surface area contributed by atoms with E-state index >= 15 is 0 Å². The first-order chi connectivity index (χ1) is 27.5. The molecule has 2 aliphatic heterocycles. The van der Waals surface area contributed by atoms with Crippen LogP contribution in [0.25, 0.3) is 17.1 Å². The molecule has 5 heterocycles. The van der Waals surface area contributed by atoms with Crippen LogP contribution >= 0.6 is 0 Å². The molecule has 18 heteroatoms. The van der Waals surface area contributed by atoms with Crippen LogP contribution in [0.1, 0.15) is 78.5 Å². The van der Waals surface area contributed by atoms with E-state index in [0.717, 1.165) is 16.7 Å². The lowest BCUT2D eigenvalue weighted by atomic mass is 10.0. The number of amides is 6. The second-order valence-corrected chi connectivity index (χ2v) is 13.4. The number of rotatable bonds is 14. The fraction of sp³-hybridized carbons (Fsp3) is 0.256. The van der Waals surface area contributed by atoms with Crippen molar-refractivity contribution in [1.82, 2.24) is 40.2 Å². The van der Waals surface area contributed by atoms with Crippen LogP contribution in [0, 0.1) is 0 Å². The molecular formula is C39H35F2N9O7. The number of alkyl halides is 2. The highest BCUT2D eigenvalue weighted by Gasteiger charge is 2.44. The summed E-state index contributed by atoms with van der Waals surface area (Å²) in [6, 6.07) is 13.5. The summed E-state index contributed by atoms with van der Waals surface area (Å²) in [5.74, 6) is -3.05. The van der Waals surface area contributed by atoms with E-state index in [4.69, 9.17) is 4.42 Å². The standard InChI is InChI=1S/C39H35F2N9O7/c1-48(18-17-42-14-2-3-22-4-9-26-27(19-22)39(56)50(38(26)55)30-10-11-31(51)46-35(30)53)37(54)24-5-7-25(8-6-24)49-20-28(32(47-49)33(40)41)44-34(52)29-21-57-36(45-29)23-12-15-43-16-13-23/h4-9,12-13,15-16,19-21,30,33,42H,2-3,10-11,14,17-18H2,1H3,(H,44,52)(H,46,51,53). The van der Waals surface area contributed by atoms with Crippen molar-refractivity contribution in [2.24, 2.45) is 0 Å². The number of carbonyl (C=O) groups excluding carboxylic acids is 6. The Hall–Kier alpha value is -6.95. The molecule has 2 aromatic carbocycles. The third-order valence-electron chi connectivity index (χ3n) is 9.53. The molecule has 7 rings (SSSR count). The van der Waals surface area contributed by atoms with Crippen molar-refractivity contribution in [3.8, 4) is 17.1 Å². The van der Waals surface area contributed by atoms with E-state index in [1.165, 1.54) is 23.3 Å². The first-order valence-electron chi connectivity index (χ1n) is 17.9. The van der Waals surface area contributed by atoms with Gasteiger partial charge in [0, 0.05) is 50.1 Å². The van der Waals surface area contributed by atoms with Crippen LogP contribution in [0.2, 0.25) is 0 Å². The van der Waals surface area contributed by atoms with E-state index in [-0.39, 0.29) is 47.1 Å². The summed E-state index contributed by atoms with van der Waals surface area (Å²) in [6.07, 6.45) is 3.90. The van der Waals surface area contributed by atoms with Gasteiger partial charge in [0.1, 0.15) is 12.3 Å². The maximum absolute atomic E-state index is 13.9. The predicted molar refractivity (Wildman–Crippen MR) is 197 cm³/mol. The zero-order valence-electron chi connectivity index (χ0n) is 30.4. The number of piperidine rings is 1. The summed E-state index contributed by atoms with van der Waals surface area (Å²) in [6.45, 7) is 1.50. The second kappa shape index (κ2) is 16.4. The lowest BCUT2D eigenvalue weighted by molar-refractivity contribution is -0.136. The maximum atomic E-state index is 13.9. The monoisotopic (exact) mass is 779 g/mol. The van der Waals surface area contributed by atoms with Crippen molar-refractivity contribution in [3.05, 3.63) is 113 Å². The molecule has 0 radical (unpaired) electrons. The van der Waals surface area contributed by atoms with Gasteiger partial charge in [-0.3, -0.25) is 44.0 Å². The highest BCUT2D eigenvalue weighted by molar-refractivity contribution is 6.23. The lowest BCUT2D eigenvalue weighted by Crippen LogP contribution is -2.54. The molecule has 57 heavy (non-hydrogen) atoms. The summed E-state index contributed by atoms with van der Waals surface area (Å²) >= 11 is 0. The number of benzene rings is 2. The van der Waals surface area contributed by atoms with Gasteiger partial charge >= 0.3 is 0 Å². The Morgan fingerprint density at radius 3 is 2.49 bits per heavy atom. The number of carbonyl (C=O) groups is 6. The van der Waals surface area contributed by atoms with Crippen LogP contribution in [0.5, 0.6) is 0 Å². The number of aryl methyl sites for hydroxylation is 1. The number of imide groups is 2. The first kappa shape index (κ1) is 38.3. The summed E-state index contributed by atoms with van der Waals surface area (Å²) in [4.78, 5) is 86.4. The summed E-state index contributed by atoms with van der Waals surface area (Å²) in [5.41, 5.74) is 1.67. The van der Waals surface area contributed by atoms with Crippen LogP contribution in [-0.4, -0.2) is 97.7 Å². The molecule has 0 aliphatic carbocycles. The third-order valence-corrected chi connectivity index (χ3v) is 9.53. The van der Waals surface area contributed by atoms with Gasteiger partial charge in [-0.15, -0.1) is 0 Å². The first-order valence-corrected chi connectivity index (χ1v) is 17.9. The van der Waals surface area contributed by atoms with Gasteiger partial charge in [-0.1, -0.05) is 6.07 Å². The zero-order chi connectivity index (χ0) is 40.2. The quantitative estimate of drug-likeness (QED) is 0.109. The normalized spacial score (nSPS) is 15.2. The van der Waals surface area contributed by atoms with Gasteiger partial charge in [0.25, 0.3) is 30.1 Å². The molecule has 3 N–H and O–H groups in total. The Morgan fingerprint density at radius 1 is 1.00 bits per heavy atom. The molecular weight excluding hydrogens is 744 g/mol. The summed E-state index contributed by atoms with van der Waals surface area (Å²) < 4.78 is 34.4. The molecule has 0 saturated carbocycles. The number of likely N-dealkylation sites (N-methyl/N-ethyl adjacent to an activating group) is 1. The molecule has 2 aliphatic rings. The smallest absolute Gasteiger partial charge is 0.284 e. The van der Waals surface area contributed by atoms with Gasteiger partial charge in [-0.25, -0.2) is 18.4 Å². The molecule has 3 aromatic heterocycles. The molecule has 6 amide bonds. The number of anilines is 1. The van der Waals surface area contributed by atoms with Gasteiger partial charge in [0.05, 0.1) is 28.7 Å². The molecule has 5 aromatic rings. The number of pyridine rings is 1. The van der Waals surface area contributed by atoms with Crippen LogP contribution < -0.4 is 16.0 Å². The number of hydrogen-bond acceptors (Lipinski definition) is 11. The Labute approximate surface area is 323 Å². The molecule has 16 nitrogen and oxygen atoms in total. The molecule has 292 valence electrons. The number of halogens is 2. The van der Waals surface area contributed by atoms with E-state index in [1.807, 2.05) is 0 Å². The maximum Gasteiger partial charge on any atom is 0.284 e. The number of nitrogens with one attached hydrogen (secondary N) is 3. The van der Waals surface area contributed by atoms with Crippen LogP contribution in [0.15, 0.2) is 83.9 Å². The van der Waals surface area contributed by atoms with Gasteiger partial charge < -0.3 is 20.0 Å². The van der Waals surface area contributed by atoms with Crippen molar-refractivity contribution >= 4 is 41.1 Å². The molecule has 1 unspecified atom stereocenters. The molecule has 0 spiro atoms. The average Bonchev–Trinajstić information content (AvgIpc) is 3.94. The Balaban J connectivity index is 0.874. The van der Waals surface area contributed by atoms with Crippen molar-refractivity contribution in [3.63, 3.8) is 0 Å². The fourth-order valence-electron chi connectivity index (χ4n) is 6.51. The lowest BCUT2D eigenvalue weighted by Gasteiger charge is -2.27. The number of aromatic nitrogens is 4. The van der Waals surface area contributed by atoms with Crippen molar-refractivity contribution < 1.29 is 42.0 Å². The zero-order valence-corrected chi connectivity index (χ0v) is 30.4. The Bertz CT molecular complexity index is 2360. The highest BCUT2D eigenvalue weighted by Crippen LogP contribution is 2.30. The number of fused-ring (bicyclic) bond motifs is 1. The minimum Gasteiger partial charge on any atom is -0.444 e. The van der Waals surface area contributed by atoms with Crippen molar-refractivity contribution in [2.45, 2.75) is 38.2 Å². The SMILES string of the molecule is CN(CCNCCCc1ccc2c(c1)C(=O)N(C1CCC(=O)NC1=O)C2=O)C(=O)c1ccc(-n2cc(NC(=O)c3coc(-c4ccncc4)n3)c(C(F)F)n2)cc1. The van der Waals surface area contributed by atoms with Gasteiger partial charge in [-0.2, -0.15) is 5.10 Å². The summed E-state index contributed by atoms with van der Waals surface area (Å²) in [7, 11) is 1.66. The van der Waals surface area contributed by atoms with Crippen LogP contribution in [0.3, 0.4) is 0 Å². The van der Waals surface area contributed by atoms with Crippen LogP contribution in [-0.2, 0) is 16.0 Å². The van der Waals surface area contributed by atoms with Crippen LogP contribution in [0.4, 0.5) is 14.5 Å². The minimum absolute atomic E-state index is 0.0502. The summed E-state index contributed by atoms with van der Waals surface area (Å²) in [5, 5.41) is 11.9. The Kier molecular flexibility index (Phi) is 11.0. The molecule has 1 atom stereocenters. The van der Waals surface area contributed by atoms with Gasteiger partial charge in [0.2, 0.25) is 17.7 Å². The van der Waals surface area contributed by atoms with Gasteiger partial charge in [0.15, 0.2) is 11.4 Å². The average molecular weight is 780 g/mol. The fourth-order valence-corrected chi connectivity index (χ4v) is 6.51. The topological polar surface area (TPSA) is 202 Å². The van der Waals surface area contributed by atoms with Crippen molar-refractivity contribution in [1.29, 1.82) is 0 Å². The van der Waals surface area contributed by atoms with E-state index in [9.17, 15) is 37.5 Å². The molecule has 0 bridgehead atoms. The minimum atomic E-state index is -2.99. The second-order valence-electron chi connectivity index (χ2n) is 13.4. The van der Waals surface area contributed by atoms with E-state index in [2.05, 4.69) is 31.0 Å². The predicted octanol–water partition coefficient (Wildman–Crippen LogP) is 3.81. The number of hydrogen-bond donors (Lipinski definition) is 3. The number of nitrogens with zero attached hydrogens (tertiary/aromatic N) is 6. The van der Waals surface area contributed by atoms with E-state index < -0.39 is 47.7 Å². The van der Waals surface area contributed by atoms with E-state index in [1.54, 1.807) is 66.5 Å². The highest BCUT2D eigenvalue weighted by atomic mass is 19.3. The molecule has 1 fully saturated rings. The van der Waals surface area contributed by atoms with E-state index in [0.29, 0.717) is 49.3 Å². The number of oxazole rings is 1. The van der Waals surface area contributed by atoms with Crippen molar-refractivity contribution in [2.75, 3.05) is 32.0 Å².